The van der Waals surface area contributed by atoms with Gasteiger partial charge in [0, 0.05) is 11.8 Å². The Hall–Kier alpha value is -4.71. The number of nitrogens with zero attached hydrogens (tertiary/aromatic N) is 2. The van der Waals surface area contributed by atoms with Crippen LogP contribution in [0.3, 0.4) is 0 Å². The van der Waals surface area contributed by atoms with Crippen molar-refractivity contribution in [3.63, 3.8) is 0 Å². The topological polar surface area (TPSA) is 91.4 Å². The van der Waals surface area contributed by atoms with Crippen LogP contribution < -0.4 is 14.9 Å². The van der Waals surface area contributed by atoms with Gasteiger partial charge in [0.2, 0.25) is 0 Å². The van der Waals surface area contributed by atoms with E-state index in [9.17, 15) is 30.8 Å². The van der Waals surface area contributed by atoms with E-state index < -0.39 is 51.3 Å². The molecule has 0 radical (unpaired) electrons. The molecule has 0 saturated carbocycles. The Morgan fingerprint density at radius 3 is 2.48 bits per heavy atom. The van der Waals surface area contributed by atoms with Crippen LogP contribution in [0.4, 0.5) is 33.9 Å². The first-order valence-corrected chi connectivity index (χ1v) is 15.0. The second-order valence-electron chi connectivity index (χ2n) is 10.4. The van der Waals surface area contributed by atoms with E-state index in [2.05, 4.69) is 15.6 Å². The summed E-state index contributed by atoms with van der Waals surface area (Å²) in [5.74, 6) is -0.720. The molecule has 2 heterocycles. The number of anilines is 2. The summed E-state index contributed by atoms with van der Waals surface area (Å²) < 4.78 is 84.5. The molecule has 7 nitrogen and oxygen atoms in total. The van der Waals surface area contributed by atoms with Crippen LogP contribution >= 0.6 is 0 Å². The van der Waals surface area contributed by atoms with Crippen molar-refractivity contribution < 1.29 is 30.8 Å². The molecule has 12 heteroatoms. The zero-order valence-corrected chi connectivity index (χ0v) is 24.5. The monoisotopic (exact) mass is 624 g/mol. The van der Waals surface area contributed by atoms with Gasteiger partial charge < -0.3 is 5.32 Å². The Kier molecular flexibility index (Phi) is 8.46. The van der Waals surface area contributed by atoms with Gasteiger partial charge >= 0.3 is 12.2 Å². The maximum atomic E-state index is 14.4. The number of amides is 2. The summed E-state index contributed by atoms with van der Waals surface area (Å²) in [7, 11) is -4.17. The van der Waals surface area contributed by atoms with E-state index in [-0.39, 0.29) is 11.3 Å². The molecular weight excluding hydrogens is 596 g/mol. The molecule has 0 spiro atoms. The van der Waals surface area contributed by atoms with Crippen LogP contribution in [0.2, 0.25) is 0 Å². The van der Waals surface area contributed by atoms with Gasteiger partial charge in [0.15, 0.2) is 0 Å². The molecule has 0 fully saturated rings. The smallest absolute Gasteiger partial charge is 0.333 e. The number of alkyl halides is 3. The highest BCUT2D eigenvalue weighted by molar-refractivity contribution is 7.92. The highest BCUT2D eigenvalue weighted by Gasteiger charge is 2.40. The van der Waals surface area contributed by atoms with Crippen LogP contribution in [0.15, 0.2) is 90.0 Å². The van der Waals surface area contributed by atoms with Crippen LogP contribution in [-0.4, -0.2) is 31.5 Å². The van der Waals surface area contributed by atoms with Crippen molar-refractivity contribution in [2.24, 2.45) is 0 Å². The molecule has 44 heavy (non-hydrogen) atoms. The summed E-state index contributed by atoms with van der Waals surface area (Å²) in [5, 5.41) is 5.49. The molecule has 4 aromatic rings. The van der Waals surface area contributed by atoms with E-state index in [4.69, 9.17) is 0 Å². The predicted molar refractivity (Wildman–Crippen MR) is 161 cm³/mol. The Morgan fingerprint density at radius 1 is 1.00 bits per heavy atom. The minimum atomic E-state index is -4.77. The number of pyridine rings is 1. The number of hydrogen-bond acceptors (Lipinski definition) is 4. The molecular formula is C32H28F4N4O3S. The number of halogens is 4. The summed E-state index contributed by atoms with van der Waals surface area (Å²) in [6.07, 6.45) is -0.649. The van der Waals surface area contributed by atoms with E-state index >= 15 is 0 Å². The molecule has 5 rings (SSSR count). The second-order valence-corrected chi connectivity index (χ2v) is 12.2. The number of carbonyl (C=O) groups is 1. The van der Waals surface area contributed by atoms with E-state index in [1.54, 1.807) is 56.3 Å². The molecule has 2 amide bonds. The number of rotatable bonds is 6. The molecule has 2 atom stereocenters. The van der Waals surface area contributed by atoms with Crippen molar-refractivity contribution in [2.45, 2.75) is 43.4 Å². The number of urea groups is 1. The molecule has 0 saturated heterocycles. The minimum Gasteiger partial charge on any atom is -0.333 e. The lowest BCUT2D eigenvalue weighted by molar-refractivity contribution is -0.137. The standard InChI is InChI=1S/C32H28F4N4O3S/c1-20-7-5-8-24(17-20)44(42,43)40-21(2)28(38-31(41)39-30-11-3-4-16-37-30)19-23-14-12-22(18-29(23)40)13-15-25-26(32(34,35)36)9-6-10-27(25)33/h3-18,21,28H,19H2,1-2H3,(H2,37,38,39,41)/b15-13+/t21-,28-/m1/s1. The summed E-state index contributed by atoms with van der Waals surface area (Å²) in [6, 6.07) is 16.9. The van der Waals surface area contributed by atoms with E-state index in [1.165, 1.54) is 34.8 Å². The molecule has 0 bridgehead atoms. The molecule has 1 aliphatic heterocycles. The first-order chi connectivity index (χ1) is 20.8. The Morgan fingerprint density at radius 2 is 1.77 bits per heavy atom. The lowest BCUT2D eigenvalue weighted by Crippen LogP contribution is -2.57. The van der Waals surface area contributed by atoms with Crippen molar-refractivity contribution in [2.75, 3.05) is 9.62 Å². The van der Waals surface area contributed by atoms with Crippen LogP contribution in [0.25, 0.3) is 12.2 Å². The van der Waals surface area contributed by atoms with E-state index in [1.807, 2.05) is 0 Å². The summed E-state index contributed by atoms with van der Waals surface area (Å²) in [5.41, 5.74) is 0.217. The van der Waals surface area contributed by atoms with Crippen molar-refractivity contribution in [1.29, 1.82) is 0 Å². The van der Waals surface area contributed by atoms with Gasteiger partial charge in [-0.05, 0) is 79.4 Å². The minimum absolute atomic E-state index is 0.0380. The third-order valence-corrected chi connectivity index (χ3v) is 9.21. The van der Waals surface area contributed by atoms with Gasteiger partial charge in [-0.1, -0.05) is 48.6 Å². The lowest BCUT2D eigenvalue weighted by Gasteiger charge is -2.41. The van der Waals surface area contributed by atoms with Gasteiger partial charge in [0.25, 0.3) is 10.0 Å². The summed E-state index contributed by atoms with van der Waals surface area (Å²) in [4.78, 5) is 17.0. The SMILES string of the molecule is Cc1cccc(S(=O)(=O)N2c3cc(/C=C/c4c(F)cccc4C(F)(F)F)ccc3C[C@@H](NC(=O)Nc3ccccn3)[C@H]2C)c1. The maximum Gasteiger partial charge on any atom is 0.417 e. The first kappa shape index (κ1) is 30.7. The first-order valence-electron chi connectivity index (χ1n) is 13.6. The fraction of sp³-hybridized carbons (Fsp3) is 0.188. The van der Waals surface area contributed by atoms with Crippen molar-refractivity contribution >= 4 is 39.7 Å². The average Bonchev–Trinajstić information content (AvgIpc) is 2.96. The maximum absolute atomic E-state index is 14.4. The van der Waals surface area contributed by atoms with Crippen LogP contribution in [0, 0.1) is 12.7 Å². The van der Waals surface area contributed by atoms with Gasteiger partial charge in [0.05, 0.1) is 28.2 Å². The van der Waals surface area contributed by atoms with Gasteiger partial charge in [-0.3, -0.25) is 9.62 Å². The zero-order valence-electron chi connectivity index (χ0n) is 23.6. The quantitative estimate of drug-likeness (QED) is 0.178. The second kappa shape index (κ2) is 12.1. The number of hydrogen-bond donors (Lipinski definition) is 2. The van der Waals surface area contributed by atoms with E-state index in [0.717, 1.165) is 29.8 Å². The molecule has 0 unspecified atom stereocenters. The summed E-state index contributed by atoms with van der Waals surface area (Å²) >= 11 is 0. The van der Waals surface area contributed by atoms with Gasteiger partial charge in [-0.25, -0.2) is 22.6 Å². The van der Waals surface area contributed by atoms with Gasteiger partial charge in [-0.15, -0.1) is 0 Å². The number of aryl methyl sites for hydroxylation is 1. The molecule has 228 valence electrons. The van der Waals surface area contributed by atoms with Crippen LogP contribution in [0.5, 0.6) is 0 Å². The highest BCUT2D eigenvalue weighted by Crippen LogP contribution is 2.38. The van der Waals surface area contributed by atoms with Crippen molar-refractivity contribution in [3.8, 4) is 0 Å². The number of aromatic nitrogens is 1. The largest absolute Gasteiger partial charge is 0.417 e. The molecule has 3 aromatic carbocycles. The van der Waals surface area contributed by atoms with Crippen LogP contribution in [-0.2, 0) is 22.6 Å². The lowest BCUT2D eigenvalue weighted by atomic mass is 9.92. The van der Waals surface area contributed by atoms with E-state index in [0.29, 0.717) is 22.6 Å². The molecule has 2 N–H and O–H groups in total. The number of nitrogens with one attached hydrogen (secondary N) is 2. The summed E-state index contributed by atoms with van der Waals surface area (Å²) in [6.45, 7) is 3.43. The fourth-order valence-corrected chi connectivity index (χ4v) is 6.98. The van der Waals surface area contributed by atoms with Crippen LogP contribution in [0.1, 0.15) is 34.7 Å². The average molecular weight is 625 g/mol. The predicted octanol–water partition coefficient (Wildman–Crippen LogP) is 7.05. The zero-order chi connectivity index (χ0) is 31.6. The van der Waals surface area contributed by atoms with Gasteiger partial charge in [-0.2, -0.15) is 13.2 Å². The number of carbonyl (C=O) groups excluding carboxylic acids is 1. The number of benzene rings is 3. The normalized spacial score (nSPS) is 16.9. The molecule has 1 aromatic heterocycles. The van der Waals surface area contributed by atoms with Crippen molar-refractivity contribution in [1.82, 2.24) is 10.3 Å². The third-order valence-electron chi connectivity index (χ3n) is 7.31. The third kappa shape index (κ3) is 6.45. The van der Waals surface area contributed by atoms with Gasteiger partial charge in [0.1, 0.15) is 11.6 Å². The van der Waals surface area contributed by atoms with Crippen molar-refractivity contribution in [3.05, 3.63) is 119 Å². The fourth-order valence-electron chi connectivity index (χ4n) is 5.15. The Balaban J connectivity index is 1.54. The number of sulfonamides is 1. The highest BCUT2D eigenvalue weighted by atomic mass is 32.2. The Labute approximate surface area is 252 Å². The number of fused-ring (bicyclic) bond motifs is 1. The molecule has 0 aliphatic carbocycles. The Bertz CT molecular complexity index is 1830. The molecule has 1 aliphatic rings.